The van der Waals surface area contributed by atoms with Crippen molar-refractivity contribution in [2.24, 2.45) is 0 Å². The van der Waals surface area contributed by atoms with Crippen molar-refractivity contribution in [3.63, 3.8) is 0 Å². The van der Waals surface area contributed by atoms with Crippen molar-refractivity contribution in [1.29, 1.82) is 0 Å². The molecule has 0 bridgehead atoms. The van der Waals surface area contributed by atoms with Crippen molar-refractivity contribution in [2.45, 2.75) is 13.5 Å². The Labute approximate surface area is 136 Å². The van der Waals surface area contributed by atoms with Crippen LogP contribution in [0, 0.1) is 6.92 Å². The van der Waals surface area contributed by atoms with Crippen LogP contribution in [0.3, 0.4) is 0 Å². The Bertz CT molecular complexity index is 848. The molecule has 110 valence electrons. The zero-order valence-electron chi connectivity index (χ0n) is 12.0. The van der Waals surface area contributed by atoms with E-state index in [2.05, 4.69) is 31.2 Å². The number of carbonyl (C=O) groups is 1. The average Bonchev–Trinajstić information content (AvgIpc) is 2.52. The molecule has 0 fully saturated rings. The molecule has 2 aromatic heterocycles. The zero-order chi connectivity index (χ0) is 15.5. The summed E-state index contributed by atoms with van der Waals surface area (Å²) in [5, 5.41) is 3.79. The van der Waals surface area contributed by atoms with E-state index >= 15 is 0 Å². The lowest BCUT2D eigenvalue weighted by atomic mass is 10.1. The molecule has 0 atom stereocenters. The van der Waals surface area contributed by atoms with Crippen LogP contribution < -0.4 is 5.32 Å². The number of pyridine rings is 2. The summed E-state index contributed by atoms with van der Waals surface area (Å²) in [5.74, 6) is -0.129. The molecule has 2 heterocycles. The number of nitrogens with zero attached hydrogens (tertiary/aromatic N) is 2. The van der Waals surface area contributed by atoms with Crippen LogP contribution in [-0.4, -0.2) is 15.9 Å². The van der Waals surface area contributed by atoms with Crippen LogP contribution in [0.2, 0.25) is 0 Å². The molecule has 0 unspecified atom stereocenters. The first-order valence-electron chi connectivity index (χ1n) is 6.88. The minimum absolute atomic E-state index is 0.129. The Kier molecular flexibility index (Phi) is 4.15. The number of fused-ring (bicyclic) bond motifs is 1. The van der Waals surface area contributed by atoms with Crippen LogP contribution >= 0.6 is 15.9 Å². The van der Waals surface area contributed by atoms with Gasteiger partial charge in [0.2, 0.25) is 0 Å². The monoisotopic (exact) mass is 355 g/mol. The second-order valence-corrected chi connectivity index (χ2v) is 5.90. The van der Waals surface area contributed by atoms with Gasteiger partial charge >= 0.3 is 0 Å². The van der Waals surface area contributed by atoms with Gasteiger partial charge in [0.25, 0.3) is 5.91 Å². The summed E-state index contributed by atoms with van der Waals surface area (Å²) in [6.07, 6.45) is 1.70. The normalized spacial score (nSPS) is 10.6. The molecule has 1 amide bonds. The number of carbonyl (C=O) groups excluding carboxylic acids is 1. The fraction of sp³-hybridized carbons (Fsp3) is 0.118. The Morgan fingerprint density at radius 3 is 2.91 bits per heavy atom. The first-order chi connectivity index (χ1) is 10.6. The van der Waals surface area contributed by atoms with Crippen LogP contribution in [0.15, 0.2) is 53.1 Å². The van der Waals surface area contributed by atoms with Gasteiger partial charge in [0.05, 0.1) is 11.3 Å². The van der Waals surface area contributed by atoms with E-state index in [0.29, 0.717) is 23.4 Å². The summed E-state index contributed by atoms with van der Waals surface area (Å²) in [7, 11) is 0. The van der Waals surface area contributed by atoms with Crippen LogP contribution in [0.1, 0.15) is 21.6 Å². The topological polar surface area (TPSA) is 54.9 Å². The second kappa shape index (κ2) is 6.23. The van der Waals surface area contributed by atoms with Gasteiger partial charge in [-0.1, -0.05) is 28.1 Å². The van der Waals surface area contributed by atoms with E-state index in [4.69, 9.17) is 0 Å². The number of aromatic nitrogens is 2. The van der Waals surface area contributed by atoms with Gasteiger partial charge in [-0.15, -0.1) is 0 Å². The first-order valence-corrected chi connectivity index (χ1v) is 7.68. The van der Waals surface area contributed by atoms with Crippen molar-refractivity contribution in [3.05, 3.63) is 70.0 Å². The van der Waals surface area contributed by atoms with Crippen molar-refractivity contribution in [3.8, 4) is 0 Å². The maximum absolute atomic E-state index is 12.4. The van der Waals surface area contributed by atoms with Crippen molar-refractivity contribution < 1.29 is 4.79 Å². The number of nitrogens with one attached hydrogen (secondary N) is 1. The summed E-state index contributed by atoms with van der Waals surface area (Å²) in [5.41, 5.74) is 2.95. The molecule has 0 aliphatic carbocycles. The molecule has 5 heteroatoms. The molecule has 4 nitrogen and oxygen atoms in total. The summed E-state index contributed by atoms with van der Waals surface area (Å²) in [4.78, 5) is 21.0. The number of benzene rings is 1. The van der Waals surface area contributed by atoms with E-state index < -0.39 is 0 Å². The fourth-order valence-electron chi connectivity index (χ4n) is 2.25. The quantitative estimate of drug-likeness (QED) is 0.780. The Hall–Kier alpha value is -2.27. The van der Waals surface area contributed by atoms with Crippen molar-refractivity contribution in [1.82, 2.24) is 15.3 Å². The number of amides is 1. The molecule has 22 heavy (non-hydrogen) atoms. The van der Waals surface area contributed by atoms with Crippen molar-refractivity contribution in [2.75, 3.05) is 0 Å². The highest BCUT2D eigenvalue weighted by Crippen LogP contribution is 2.15. The van der Waals surface area contributed by atoms with E-state index in [9.17, 15) is 4.79 Å². The summed E-state index contributed by atoms with van der Waals surface area (Å²) in [6.45, 7) is 2.30. The second-order valence-electron chi connectivity index (χ2n) is 4.98. The number of rotatable bonds is 3. The Balaban J connectivity index is 1.81. The third kappa shape index (κ3) is 3.14. The highest BCUT2D eigenvalue weighted by Gasteiger charge is 2.11. The average molecular weight is 356 g/mol. The molecule has 1 N–H and O–H groups in total. The molecule has 0 spiro atoms. The molecule has 3 rings (SSSR count). The number of hydrogen-bond acceptors (Lipinski definition) is 3. The smallest absolute Gasteiger partial charge is 0.253 e. The van der Waals surface area contributed by atoms with Crippen LogP contribution in [-0.2, 0) is 6.54 Å². The Morgan fingerprint density at radius 1 is 1.23 bits per heavy atom. The lowest BCUT2D eigenvalue weighted by Crippen LogP contribution is -2.24. The molecular formula is C17H14BrN3O. The third-order valence-corrected chi connectivity index (χ3v) is 3.86. The number of hydrogen-bond donors (Lipinski definition) is 1. The lowest BCUT2D eigenvalue weighted by molar-refractivity contribution is 0.0950. The summed E-state index contributed by atoms with van der Waals surface area (Å²) < 4.78 is 0.994. The van der Waals surface area contributed by atoms with Gasteiger partial charge < -0.3 is 5.32 Å². The standard InChI is InChI=1S/C17H14BrN3O/c1-11-15(9-13-5-3-7-19-16(13)21-11)17(22)20-10-12-4-2-6-14(18)8-12/h2-9H,10H2,1H3,(H,20,22). The third-order valence-electron chi connectivity index (χ3n) is 3.37. The van der Waals surface area contributed by atoms with E-state index in [1.807, 2.05) is 49.4 Å². The fourth-order valence-corrected chi connectivity index (χ4v) is 2.70. The summed E-state index contributed by atoms with van der Waals surface area (Å²) in [6, 6.07) is 13.4. The van der Waals surface area contributed by atoms with E-state index in [1.54, 1.807) is 6.20 Å². The molecule has 0 aliphatic rings. The maximum atomic E-state index is 12.4. The minimum atomic E-state index is -0.129. The maximum Gasteiger partial charge on any atom is 0.253 e. The van der Waals surface area contributed by atoms with Crippen LogP contribution in [0.4, 0.5) is 0 Å². The predicted octanol–water partition coefficient (Wildman–Crippen LogP) is 3.63. The van der Waals surface area contributed by atoms with Gasteiger partial charge in [-0.25, -0.2) is 9.97 Å². The van der Waals surface area contributed by atoms with E-state index in [0.717, 1.165) is 15.4 Å². The highest BCUT2D eigenvalue weighted by molar-refractivity contribution is 9.10. The Morgan fingerprint density at radius 2 is 2.09 bits per heavy atom. The zero-order valence-corrected chi connectivity index (χ0v) is 13.6. The largest absolute Gasteiger partial charge is 0.348 e. The van der Waals surface area contributed by atoms with Gasteiger partial charge in [-0.2, -0.15) is 0 Å². The molecule has 3 aromatic rings. The summed E-state index contributed by atoms with van der Waals surface area (Å²) >= 11 is 3.42. The highest BCUT2D eigenvalue weighted by atomic mass is 79.9. The number of halogens is 1. The predicted molar refractivity (Wildman–Crippen MR) is 89.6 cm³/mol. The molecule has 0 radical (unpaired) electrons. The molecule has 0 saturated heterocycles. The van der Waals surface area contributed by atoms with Gasteiger partial charge in [-0.3, -0.25) is 4.79 Å². The van der Waals surface area contributed by atoms with E-state index in [-0.39, 0.29) is 5.91 Å². The van der Waals surface area contributed by atoms with Gasteiger partial charge in [-0.05, 0) is 42.8 Å². The molecule has 1 aromatic carbocycles. The minimum Gasteiger partial charge on any atom is -0.348 e. The lowest BCUT2D eigenvalue weighted by Gasteiger charge is -2.09. The van der Waals surface area contributed by atoms with Gasteiger partial charge in [0.15, 0.2) is 5.65 Å². The SMILES string of the molecule is Cc1nc2ncccc2cc1C(=O)NCc1cccc(Br)c1. The van der Waals surface area contributed by atoms with Crippen LogP contribution in [0.25, 0.3) is 11.0 Å². The first kappa shape index (κ1) is 14.7. The molecular weight excluding hydrogens is 342 g/mol. The molecule has 0 saturated carbocycles. The van der Waals surface area contributed by atoms with E-state index in [1.165, 1.54) is 0 Å². The van der Waals surface area contributed by atoms with Gasteiger partial charge in [0, 0.05) is 22.6 Å². The van der Waals surface area contributed by atoms with Crippen molar-refractivity contribution >= 4 is 32.9 Å². The number of aryl methyl sites for hydroxylation is 1. The molecule has 0 aliphatic heterocycles. The van der Waals surface area contributed by atoms with Gasteiger partial charge in [0.1, 0.15) is 0 Å². The van der Waals surface area contributed by atoms with Crippen LogP contribution in [0.5, 0.6) is 0 Å².